The van der Waals surface area contributed by atoms with E-state index in [4.69, 9.17) is 10.5 Å². The van der Waals surface area contributed by atoms with Crippen molar-refractivity contribution in [2.75, 3.05) is 13.2 Å². The Morgan fingerprint density at radius 3 is 2.71 bits per heavy atom. The minimum Gasteiger partial charge on any atom is -0.489 e. The smallest absolute Gasteiger partial charge is 0.122 e. The Bertz CT molecular complexity index is 331. The van der Waals surface area contributed by atoms with Gasteiger partial charge in [0.05, 0.1) is 0 Å². The number of rotatable bonds is 4. The van der Waals surface area contributed by atoms with Gasteiger partial charge < -0.3 is 10.5 Å². The molecule has 76 valence electrons. The molecule has 0 aliphatic rings. The molecule has 0 aliphatic carbocycles. The molecule has 0 heterocycles. The Balaban J connectivity index is 2.63. The summed E-state index contributed by atoms with van der Waals surface area (Å²) in [5, 5.41) is 0. The van der Waals surface area contributed by atoms with Gasteiger partial charge in [-0.3, -0.25) is 0 Å². The summed E-state index contributed by atoms with van der Waals surface area (Å²) in [5.41, 5.74) is 8.72. The van der Waals surface area contributed by atoms with E-state index in [-0.39, 0.29) is 0 Å². The van der Waals surface area contributed by atoms with Gasteiger partial charge in [0.1, 0.15) is 12.4 Å². The van der Waals surface area contributed by atoms with Crippen LogP contribution in [0, 0.1) is 13.8 Å². The monoisotopic (exact) mass is 191 g/mol. The lowest BCUT2D eigenvalue weighted by atomic mass is 10.1. The van der Waals surface area contributed by atoms with Gasteiger partial charge in [0, 0.05) is 6.54 Å². The molecule has 0 fully saturated rings. The van der Waals surface area contributed by atoms with Gasteiger partial charge in [-0.1, -0.05) is 24.3 Å². The van der Waals surface area contributed by atoms with Crippen molar-refractivity contribution in [3.63, 3.8) is 0 Å². The molecule has 2 heteroatoms. The van der Waals surface area contributed by atoms with Gasteiger partial charge in [-0.25, -0.2) is 0 Å². The second-order valence-corrected chi connectivity index (χ2v) is 3.51. The van der Waals surface area contributed by atoms with Crippen LogP contribution >= 0.6 is 0 Å². The molecule has 0 bridgehead atoms. The average molecular weight is 191 g/mol. The summed E-state index contributed by atoms with van der Waals surface area (Å²) in [5.74, 6) is 0.908. The van der Waals surface area contributed by atoms with Gasteiger partial charge in [0.25, 0.3) is 0 Å². The van der Waals surface area contributed by atoms with Crippen LogP contribution in [0.3, 0.4) is 0 Å². The predicted molar refractivity (Wildman–Crippen MR) is 59.6 cm³/mol. The molecular formula is C12H17NO. The van der Waals surface area contributed by atoms with Gasteiger partial charge in [0.15, 0.2) is 0 Å². The molecule has 2 nitrogen and oxygen atoms in total. The second-order valence-electron chi connectivity index (χ2n) is 3.51. The first-order valence-electron chi connectivity index (χ1n) is 4.70. The van der Waals surface area contributed by atoms with E-state index in [1.807, 2.05) is 19.1 Å². The first kappa shape index (κ1) is 10.8. The van der Waals surface area contributed by atoms with Crippen LogP contribution in [0.2, 0.25) is 0 Å². The molecule has 1 rings (SSSR count). The van der Waals surface area contributed by atoms with Crippen molar-refractivity contribution in [3.05, 3.63) is 41.5 Å². The Labute approximate surface area is 85.4 Å². The van der Waals surface area contributed by atoms with Crippen LogP contribution in [0.25, 0.3) is 0 Å². The second kappa shape index (κ2) is 4.82. The lowest BCUT2D eigenvalue weighted by Crippen LogP contribution is -2.10. The lowest BCUT2D eigenvalue weighted by Gasteiger charge is -2.10. The Morgan fingerprint density at radius 2 is 2.14 bits per heavy atom. The average Bonchev–Trinajstić information content (AvgIpc) is 2.16. The van der Waals surface area contributed by atoms with Crippen LogP contribution in [-0.4, -0.2) is 13.2 Å². The zero-order valence-corrected chi connectivity index (χ0v) is 8.84. The highest BCUT2D eigenvalue weighted by Crippen LogP contribution is 2.18. The third kappa shape index (κ3) is 2.89. The highest BCUT2D eigenvalue weighted by atomic mass is 16.5. The summed E-state index contributed by atoms with van der Waals surface area (Å²) in [4.78, 5) is 0. The van der Waals surface area contributed by atoms with Crippen molar-refractivity contribution in [1.29, 1.82) is 0 Å². The fraction of sp³-hybridized carbons (Fsp3) is 0.333. The highest BCUT2D eigenvalue weighted by molar-refractivity contribution is 5.35. The number of hydrogen-bond acceptors (Lipinski definition) is 2. The van der Waals surface area contributed by atoms with Crippen molar-refractivity contribution in [3.8, 4) is 5.75 Å². The van der Waals surface area contributed by atoms with Crippen molar-refractivity contribution in [1.82, 2.24) is 0 Å². The van der Waals surface area contributed by atoms with E-state index in [9.17, 15) is 0 Å². The first-order valence-corrected chi connectivity index (χ1v) is 4.70. The largest absolute Gasteiger partial charge is 0.489 e. The number of ether oxygens (including phenoxy) is 1. The third-order valence-electron chi connectivity index (χ3n) is 2.05. The number of hydrogen-bond donors (Lipinski definition) is 1. The van der Waals surface area contributed by atoms with Crippen LogP contribution in [-0.2, 0) is 0 Å². The Morgan fingerprint density at radius 1 is 1.43 bits per heavy atom. The SMILES string of the molecule is C=C(CN)COc1ccc(C)cc1C. The molecule has 0 radical (unpaired) electrons. The molecule has 1 aromatic rings. The predicted octanol–water partition coefficient (Wildman–Crippen LogP) is 2.20. The number of nitrogens with two attached hydrogens (primary N) is 1. The lowest BCUT2D eigenvalue weighted by molar-refractivity contribution is 0.348. The van der Waals surface area contributed by atoms with Crippen LogP contribution in [0.4, 0.5) is 0 Å². The summed E-state index contributed by atoms with van der Waals surface area (Å²) in [6, 6.07) is 6.11. The minimum atomic E-state index is 0.477. The number of aryl methyl sites for hydroxylation is 2. The molecule has 0 spiro atoms. The summed E-state index contributed by atoms with van der Waals surface area (Å²) in [6.07, 6.45) is 0. The van der Waals surface area contributed by atoms with E-state index in [1.54, 1.807) is 0 Å². The molecule has 14 heavy (non-hydrogen) atoms. The topological polar surface area (TPSA) is 35.2 Å². The summed E-state index contributed by atoms with van der Waals surface area (Å²) in [7, 11) is 0. The standard InChI is InChI=1S/C12H17NO/c1-9-4-5-12(11(3)6-9)14-8-10(2)7-13/h4-6H,2,7-8,13H2,1,3H3. The highest BCUT2D eigenvalue weighted by Gasteiger charge is 1.99. The van der Waals surface area contributed by atoms with Crippen LogP contribution < -0.4 is 10.5 Å². The third-order valence-corrected chi connectivity index (χ3v) is 2.05. The quantitative estimate of drug-likeness (QED) is 0.740. The van der Waals surface area contributed by atoms with Gasteiger partial charge in [-0.15, -0.1) is 0 Å². The van der Waals surface area contributed by atoms with Crippen molar-refractivity contribution >= 4 is 0 Å². The van der Waals surface area contributed by atoms with E-state index < -0.39 is 0 Å². The number of benzene rings is 1. The maximum Gasteiger partial charge on any atom is 0.122 e. The fourth-order valence-corrected chi connectivity index (χ4v) is 1.20. The Hall–Kier alpha value is -1.28. The first-order chi connectivity index (χ1) is 6.63. The molecular weight excluding hydrogens is 174 g/mol. The van der Waals surface area contributed by atoms with Crippen molar-refractivity contribution < 1.29 is 4.74 Å². The summed E-state index contributed by atoms with van der Waals surface area (Å²) in [6.45, 7) is 8.86. The van der Waals surface area contributed by atoms with Crippen molar-refractivity contribution in [2.45, 2.75) is 13.8 Å². The zero-order valence-electron chi connectivity index (χ0n) is 8.84. The molecule has 0 saturated heterocycles. The van der Waals surface area contributed by atoms with Gasteiger partial charge in [-0.05, 0) is 31.1 Å². The molecule has 0 aliphatic heterocycles. The van der Waals surface area contributed by atoms with Crippen LogP contribution in [0.1, 0.15) is 11.1 Å². The van der Waals surface area contributed by atoms with E-state index >= 15 is 0 Å². The van der Waals surface area contributed by atoms with E-state index in [0.29, 0.717) is 13.2 Å². The molecule has 2 N–H and O–H groups in total. The molecule has 0 atom stereocenters. The van der Waals surface area contributed by atoms with E-state index in [1.165, 1.54) is 5.56 Å². The Kier molecular flexibility index (Phi) is 3.72. The molecule has 0 unspecified atom stereocenters. The summed E-state index contributed by atoms with van der Waals surface area (Å²) >= 11 is 0. The zero-order chi connectivity index (χ0) is 10.6. The maximum atomic E-state index is 5.56. The maximum absolute atomic E-state index is 5.56. The van der Waals surface area contributed by atoms with E-state index in [2.05, 4.69) is 19.6 Å². The molecule has 0 aromatic heterocycles. The fourth-order valence-electron chi connectivity index (χ4n) is 1.20. The molecule has 1 aromatic carbocycles. The summed E-state index contributed by atoms with van der Waals surface area (Å²) < 4.78 is 5.56. The molecule has 0 amide bonds. The molecule has 0 saturated carbocycles. The van der Waals surface area contributed by atoms with Gasteiger partial charge in [-0.2, -0.15) is 0 Å². The van der Waals surface area contributed by atoms with Crippen LogP contribution in [0.5, 0.6) is 5.75 Å². The van der Waals surface area contributed by atoms with E-state index in [0.717, 1.165) is 16.9 Å². The van der Waals surface area contributed by atoms with Gasteiger partial charge in [0.2, 0.25) is 0 Å². The van der Waals surface area contributed by atoms with Gasteiger partial charge >= 0.3 is 0 Å². The minimum absolute atomic E-state index is 0.477. The van der Waals surface area contributed by atoms with Crippen molar-refractivity contribution in [2.24, 2.45) is 5.73 Å². The van der Waals surface area contributed by atoms with Crippen LogP contribution in [0.15, 0.2) is 30.4 Å². The normalized spacial score (nSPS) is 9.93.